The van der Waals surface area contributed by atoms with Gasteiger partial charge in [0.1, 0.15) is 0 Å². The molecule has 110 valence electrons. The summed E-state index contributed by atoms with van der Waals surface area (Å²) in [5.74, 6) is -3.76. The van der Waals surface area contributed by atoms with Crippen LogP contribution >= 0.6 is 0 Å². The quantitative estimate of drug-likeness (QED) is 0.376. The van der Waals surface area contributed by atoms with E-state index in [1.54, 1.807) is 0 Å². The molecule has 0 aromatic rings. The van der Waals surface area contributed by atoms with E-state index in [-0.39, 0.29) is 11.8 Å². The molecule has 2 rings (SSSR count). The lowest BCUT2D eigenvalue weighted by Gasteiger charge is -2.19. The molecule has 1 aliphatic carbocycles. The van der Waals surface area contributed by atoms with E-state index in [0.29, 0.717) is 17.2 Å². The van der Waals surface area contributed by atoms with Crippen LogP contribution in [-0.4, -0.2) is 44.2 Å². The summed E-state index contributed by atoms with van der Waals surface area (Å²) in [7, 11) is 0. The first-order chi connectivity index (χ1) is 9.34. The topological polar surface area (TPSA) is 132 Å². The molecular formula is C12H15NO7. The summed E-state index contributed by atoms with van der Waals surface area (Å²) < 4.78 is 0. The second kappa shape index (κ2) is 6.80. The fourth-order valence-electron chi connectivity index (χ4n) is 2.29. The largest absolute Gasteiger partial charge is 0.478 e. The molecule has 20 heavy (non-hydrogen) atoms. The monoisotopic (exact) mass is 285 g/mol. The van der Waals surface area contributed by atoms with Gasteiger partial charge in [-0.15, -0.1) is 0 Å². The Hall–Kier alpha value is -2.22. The molecule has 3 N–H and O–H groups in total. The lowest BCUT2D eigenvalue weighted by atomic mass is 9.81. The lowest BCUT2D eigenvalue weighted by molar-refractivity contribution is -0.173. The van der Waals surface area contributed by atoms with Crippen LogP contribution < -0.4 is 0 Å². The van der Waals surface area contributed by atoms with Crippen LogP contribution in [0.2, 0.25) is 0 Å². The van der Waals surface area contributed by atoms with Gasteiger partial charge in [-0.2, -0.15) is 5.06 Å². The highest BCUT2D eigenvalue weighted by molar-refractivity contribution is 6.03. The van der Waals surface area contributed by atoms with Gasteiger partial charge in [-0.1, -0.05) is 12.8 Å². The number of rotatable bonds is 2. The minimum atomic E-state index is -1.26. The summed E-state index contributed by atoms with van der Waals surface area (Å²) in [4.78, 5) is 41.5. The summed E-state index contributed by atoms with van der Waals surface area (Å²) in [6.07, 6.45) is 4.62. The third-order valence-corrected chi connectivity index (χ3v) is 3.19. The van der Waals surface area contributed by atoms with Crippen LogP contribution in [0.3, 0.4) is 0 Å². The highest BCUT2D eigenvalue weighted by Gasteiger charge is 2.47. The number of carboxylic acids is 2. The van der Waals surface area contributed by atoms with Gasteiger partial charge in [0, 0.05) is 12.2 Å². The molecule has 1 saturated carbocycles. The normalized spacial score (nSPS) is 25.1. The van der Waals surface area contributed by atoms with Gasteiger partial charge in [0.2, 0.25) is 0 Å². The average Bonchev–Trinajstić information content (AvgIpc) is 2.63. The number of hydroxylamine groups is 2. The van der Waals surface area contributed by atoms with Gasteiger partial charge in [-0.05, 0) is 12.8 Å². The van der Waals surface area contributed by atoms with Crippen molar-refractivity contribution in [3.63, 3.8) is 0 Å². The van der Waals surface area contributed by atoms with E-state index in [2.05, 4.69) is 0 Å². The van der Waals surface area contributed by atoms with Crippen molar-refractivity contribution < 1.29 is 34.6 Å². The van der Waals surface area contributed by atoms with E-state index in [0.717, 1.165) is 25.7 Å². The number of carboxylic acid groups (broad SMARTS) is 2. The van der Waals surface area contributed by atoms with Gasteiger partial charge in [0.25, 0.3) is 11.8 Å². The van der Waals surface area contributed by atoms with E-state index in [4.69, 9.17) is 15.4 Å². The minimum absolute atomic E-state index is 0.226. The fourth-order valence-corrected chi connectivity index (χ4v) is 2.29. The first kappa shape index (κ1) is 15.8. The number of hydrogen-bond donors (Lipinski definition) is 3. The van der Waals surface area contributed by atoms with Crippen LogP contribution in [0, 0.1) is 11.8 Å². The molecule has 2 fully saturated rings. The number of carbonyl (C=O) groups is 4. The number of hydrogen-bond acceptors (Lipinski definition) is 5. The average molecular weight is 285 g/mol. The summed E-state index contributed by atoms with van der Waals surface area (Å²) in [5, 5.41) is 25.0. The van der Waals surface area contributed by atoms with Crippen LogP contribution in [0.1, 0.15) is 25.7 Å². The Labute approximate surface area is 114 Å². The minimum Gasteiger partial charge on any atom is -0.478 e. The van der Waals surface area contributed by atoms with Gasteiger partial charge < -0.3 is 10.2 Å². The Morgan fingerprint density at radius 1 is 0.950 bits per heavy atom. The number of fused-ring (bicyclic) bond motifs is 1. The molecule has 2 atom stereocenters. The number of nitrogens with zero attached hydrogens (tertiary/aromatic N) is 1. The first-order valence-corrected chi connectivity index (χ1v) is 6.05. The molecular weight excluding hydrogens is 270 g/mol. The maximum Gasteiger partial charge on any atom is 0.328 e. The molecule has 2 amide bonds. The molecule has 8 nitrogen and oxygen atoms in total. The Bertz CT molecular complexity index is 417. The molecule has 1 aliphatic heterocycles. The Morgan fingerprint density at radius 3 is 1.60 bits per heavy atom. The van der Waals surface area contributed by atoms with Gasteiger partial charge in [0.05, 0.1) is 11.8 Å². The third kappa shape index (κ3) is 3.89. The van der Waals surface area contributed by atoms with Crippen LogP contribution in [0.15, 0.2) is 12.2 Å². The number of amides is 2. The fraction of sp³-hybridized carbons (Fsp3) is 0.500. The van der Waals surface area contributed by atoms with Crippen molar-refractivity contribution >= 4 is 23.8 Å². The van der Waals surface area contributed by atoms with E-state index in [1.165, 1.54) is 0 Å². The first-order valence-electron chi connectivity index (χ1n) is 6.05. The van der Waals surface area contributed by atoms with Crippen LogP contribution in [0.25, 0.3) is 0 Å². The Morgan fingerprint density at radius 2 is 1.30 bits per heavy atom. The molecule has 0 aromatic heterocycles. The van der Waals surface area contributed by atoms with E-state index >= 15 is 0 Å². The summed E-state index contributed by atoms with van der Waals surface area (Å²) in [6, 6.07) is 0. The van der Waals surface area contributed by atoms with Crippen molar-refractivity contribution in [1.29, 1.82) is 0 Å². The summed E-state index contributed by atoms with van der Waals surface area (Å²) in [6.45, 7) is 0. The van der Waals surface area contributed by atoms with Crippen molar-refractivity contribution in [1.82, 2.24) is 5.06 Å². The number of aliphatic carboxylic acids is 2. The zero-order chi connectivity index (χ0) is 15.3. The van der Waals surface area contributed by atoms with E-state index < -0.39 is 23.8 Å². The second-order valence-corrected chi connectivity index (χ2v) is 4.50. The second-order valence-electron chi connectivity index (χ2n) is 4.50. The highest BCUT2D eigenvalue weighted by Crippen LogP contribution is 2.36. The molecule has 1 saturated heterocycles. The molecule has 2 aliphatic rings. The molecule has 2 unspecified atom stereocenters. The van der Waals surface area contributed by atoms with Crippen molar-refractivity contribution in [2.24, 2.45) is 11.8 Å². The maximum absolute atomic E-state index is 11.2. The number of carbonyl (C=O) groups excluding carboxylic acids is 2. The molecule has 0 spiro atoms. The summed E-state index contributed by atoms with van der Waals surface area (Å²) in [5.41, 5.74) is 0. The van der Waals surface area contributed by atoms with Crippen molar-refractivity contribution in [2.45, 2.75) is 25.7 Å². The van der Waals surface area contributed by atoms with Crippen LogP contribution in [0.5, 0.6) is 0 Å². The summed E-state index contributed by atoms with van der Waals surface area (Å²) >= 11 is 0. The predicted molar refractivity (Wildman–Crippen MR) is 63.5 cm³/mol. The maximum atomic E-state index is 11.2. The lowest BCUT2D eigenvalue weighted by Crippen LogP contribution is -2.26. The Balaban J connectivity index is 0.000000221. The molecule has 8 heteroatoms. The van der Waals surface area contributed by atoms with Crippen molar-refractivity contribution in [3.8, 4) is 0 Å². The van der Waals surface area contributed by atoms with Gasteiger partial charge in [-0.25, -0.2) is 9.59 Å². The van der Waals surface area contributed by atoms with Gasteiger partial charge in [0.15, 0.2) is 0 Å². The predicted octanol–water partition coefficient (Wildman–Crippen LogP) is 0.263. The zero-order valence-corrected chi connectivity index (χ0v) is 10.6. The molecule has 1 heterocycles. The van der Waals surface area contributed by atoms with Gasteiger partial charge >= 0.3 is 11.9 Å². The van der Waals surface area contributed by atoms with Crippen LogP contribution in [-0.2, 0) is 19.2 Å². The smallest absolute Gasteiger partial charge is 0.328 e. The van der Waals surface area contributed by atoms with Crippen LogP contribution in [0.4, 0.5) is 0 Å². The van der Waals surface area contributed by atoms with Crippen molar-refractivity contribution in [3.05, 3.63) is 12.2 Å². The Kier molecular flexibility index (Phi) is 5.39. The van der Waals surface area contributed by atoms with Gasteiger partial charge in [-0.3, -0.25) is 14.8 Å². The van der Waals surface area contributed by atoms with E-state index in [9.17, 15) is 19.2 Å². The third-order valence-electron chi connectivity index (χ3n) is 3.19. The SMILES string of the molecule is O=C(O)C=CC(=O)O.O=C1C2CCCCC2C(=O)N1O. The molecule has 0 aromatic carbocycles. The molecule has 0 radical (unpaired) electrons. The zero-order valence-electron chi connectivity index (χ0n) is 10.6. The molecule has 0 bridgehead atoms. The van der Waals surface area contributed by atoms with E-state index in [1.807, 2.05) is 0 Å². The highest BCUT2D eigenvalue weighted by atomic mass is 16.5. The number of imide groups is 1. The van der Waals surface area contributed by atoms with Crippen molar-refractivity contribution in [2.75, 3.05) is 0 Å². The standard InChI is InChI=1S/C8H11NO3.C4H4O4/c10-7-5-3-1-2-4-6(5)8(11)9(7)12;5-3(6)1-2-4(7)8/h5-6,12H,1-4H2;1-2H,(H,5,6)(H,7,8).